The number of furan rings is 1. The largest absolute Gasteiger partial charge is 0.467 e. The van der Waals surface area contributed by atoms with Crippen LogP contribution in [0.5, 0.6) is 0 Å². The fourth-order valence-corrected chi connectivity index (χ4v) is 4.47. The maximum absolute atomic E-state index is 13.0. The first kappa shape index (κ1) is 21.5. The Bertz CT molecular complexity index is 1370. The van der Waals surface area contributed by atoms with Crippen LogP contribution in [-0.4, -0.2) is 21.4 Å². The number of hydrogen-bond donors (Lipinski definition) is 2. The van der Waals surface area contributed by atoms with Gasteiger partial charge in [-0.1, -0.05) is 17.7 Å². The van der Waals surface area contributed by atoms with E-state index in [0.717, 1.165) is 28.2 Å². The highest BCUT2D eigenvalue weighted by Gasteiger charge is 2.20. The fraction of sp³-hybridized carbons (Fsp3) is 0.217. The molecule has 0 bridgehead atoms. The van der Waals surface area contributed by atoms with Gasteiger partial charge < -0.3 is 15.1 Å². The Hall–Kier alpha value is -3.72. The van der Waals surface area contributed by atoms with Gasteiger partial charge in [0.1, 0.15) is 17.1 Å². The van der Waals surface area contributed by atoms with Crippen LogP contribution in [0.3, 0.4) is 0 Å². The van der Waals surface area contributed by atoms with E-state index in [1.807, 2.05) is 32.0 Å². The molecule has 8 nitrogen and oxygen atoms in total. The van der Waals surface area contributed by atoms with Gasteiger partial charge >= 0.3 is 0 Å². The SMILES string of the molecule is Cc1ccc(NC(=O)c2sc3ncn(CC(=O)NCc4ccco4)c(=O)c3c2C)c(C)c1. The quantitative estimate of drug-likeness (QED) is 0.467. The minimum Gasteiger partial charge on any atom is -0.467 e. The first-order valence-electron chi connectivity index (χ1n) is 9.99. The van der Waals surface area contributed by atoms with Gasteiger partial charge in [-0.3, -0.25) is 19.0 Å². The smallest absolute Gasteiger partial charge is 0.266 e. The Morgan fingerprint density at radius 1 is 1.19 bits per heavy atom. The molecule has 4 rings (SSSR count). The van der Waals surface area contributed by atoms with Crippen molar-refractivity contribution in [1.29, 1.82) is 0 Å². The molecule has 0 saturated heterocycles. The molecule has 0 radical (unpaired) electrons. The van der Waals surface area contributed by atoms with Crippen molar-refractivity contribution in [2.75, 3.05) is 5.32 Å². The topological polar surface area (TPSA) is 106 Å². The van der Waals surface area contributed by atoms with Gasteiger partial charge in [-0.05, 0) is 50.1 Å². The number of carbonyl (C=O) groups excluding carboxylic acids is 2. The third kappa shape index (κ3) is 4.33. The van der Waals surface area contributed by atoms with Crippen LogP contribution in [0.15, 0.2) is 52.1 Å². The molecule has 2 N–H and O–H groups in total. The molecule has 0 aliphatic heterocycles. The van der Waals surface area contributed by atoms with Crippen molar-refractivity contribution in [2.45, 2.75) is 33.9 Å². The van der Waals surface area contributed by atoms with E-state index in [-0.39, 0.29) is 30.5 Å². The van der Waals surface area contributed by atoms with Gasteiger partial charge in [-0.15, -0.1) is 11.3 Å². The lowest BCUT2D eigenvalue weighted by molar-refractivity contribution is -0.122. The molecule has 3 aromatic heterocycles. The van der Waals surface area contributed by atoms with Crippen molar-refractivity contribution in [1.82, 2.24) is 14.9 Å². The van der Waals surface area contributed by atoms with Gasteiger partial charge in [0.15, 0.2) is 0 Å². The number of nitrogens with one attached hydrogen (secondary N) is 2. The molecule has 0 atom stereocenters. The summed E-state index contributed by atoms with van der Waals surface area (Å²) in [6.45, 7) is 5.69. The van der Waals surface area contributed by atoms with Crippen LogP contribution in [0.25, 0.3) is 10.2 Å². The number of nitrogens with zero attached hydrogens (tertiary/aromatic N) is 2. The van der Waals surface area contributed by atoms with Crippen LogP contribution >= 0.6 is 11.3 Å². The second kappa shape index (κ2) is 8.80. The second-order valence-electron chi connectivity index (χ2n) is 7.54. The maximum Gasteiger partial charge on any atom is 0.266 e. The minimum atomic E-state index is -0.359. The third-order valence-corrected chi connectivity index (χ3v) is 6.31. The number of rotatable bonds is 6. The summed E-state index contributed by atoms with van der Waals surface area (Å²) in [5.41, 5.74) is 2.98. The molecule has 164 valence electrons. The first-order chi connectivity index (χ1) is 15.3. The zero-order valence-corrected chi connectivity index (χ0v) is 18.7. The van der Waals surface area contributed by atoms with E-state index in [0.29, 0.717) is 26.4 Å². The maximum atomic E-state index is 13.0. The van der Waals surface area contributed by atoms with Crippen molar-refractivity contribution >= 4 is 39.1 Å². The van der Waals surface area contributed by atoms with Crippen molar-refractivity contribution in [3.8, 4) is 0 Å². The number of amides is 2. The highest BCUT2D eigenvalue weighted by molar-refractivity contribution is 7.20. The molecule has 32 heavy (non-hydrogen) atoms. The van der Waals surface area contributed by atoms with Crippen LogP contribution in [0.2, 0.25) is 0 Å². The Morgan fingerprint density at radius 3 is 2.72 bits per heavy atom. The molecule has 3 heterocycles. The van der Waals surface area contributed by atoms with Gasteiger partial charge in [0.25, 0.3) is 11.5 Å². The number of anilines is 1. The van der Waals surface area contributed by atoms with Gasteiger partial charge in [0, 0.05) is 5.69 Å². The molecule has 0 aliphatic rings. The van der Waals surface area contributed by atoms with E-state index < -0.39 is 0 Å². The molecule has 1 aromatic carbocycles. The summed E-state index contributed by atoms with van der Waals surface area (Å²) in [5.74, 6) is -0.0163. The number of fused-ring (bicyclic) bond motifs is 1. The van der Waals surface area contributed by atoms with E-state index in [9.17, 15) is 14.4 Å². The summed E-state index contributed by atoms with van der Waals surface area (Å²) in [6.07, 6.45) is 2.86. The predicted molar refractivity (Wildman–Crippen MR) is 123 cm³/mol. The van der Waals surface area contributed by atoms with Crippen LogP contribution in [-0.2, 0) is 17.9 Å². The average molecular weight is 451 g/mol. The fourth-order valence-electron chi connectivity index (χ4n) is 3.43. The zero-order valence-electron chi connectivity index (χ0n) is 17.9. The van der Waals surface area contributed by atoms with Crippen molar-refractivity contribution < 1.29 is 14.0 Å². The molecular formula is C23H22N4O4S. The Morgan fingerprint density at radius 2 is 2.00 bits per heavy atom. The second-order valence-corrected chi connectivity index (χ2v) is 8.54. The normalized spacial score (nSPS) is 11.0. The van der Waals surface area contributed by atoms with E-state index >= 15 is 0 Å². The summed E-state index contributed by atoms with van der Waals surface area (Å²) < 4.78 is 6.42. The van der Waals surface area contributed by atoms with Crippen molar-refractivity contribution in [3.05, 3.63) is 80.6 Å². The molecule has 4 aromatic rings. The molecular weight excluding hydrogens is 428 g/mol. The van der Waals surface area contributed by atoms with Crippen molar-refractivity contribution in [2.24, 2.45) is 0 Å². The number of aromatic nitrogens is 2. The van der Waals surface area contributed by atoms with Crippen LogP contribution < -0.4 is 16.2 Å². The van der Waals surface area contributed by atoms with Gasteiger partial charge in [-0.2, -0.15) is 0 Å². The molecule has 0 aliphatic carbocycles. The molecule has 2 amide bonds. The molecule has 0 saturated carbocycles. The van der Waals surface area contributed by atoms with Gasteiger partial charge in [-0.25, -0.2) is 4.98 Å². The summed E-state index contributed by atoms with van der Waals surface area (Å²) in [5, 5.41) is 5.96. The average Bonchev–Trinajstić information content (AvgIpc) is 3.39. The summed E-state index contributed by atoms with van der Waals surface area (Å²) in [4.78, 5) is 43.4. The highest BCUT2D eigenvalue weighted by Crippen LogP contribution is 2.28. The van der Waals surface area contributed by atoms with Crippen molar-refractivity contribution in [3.63, 3.8) is 0 Å². The third-order valence-electron chi connectivity index (χ3n) is 5.11. The Kier molecular flexibility index (Phi) is 5.91. The Balaban J connectivity index is 1.55. The van der Waals surface area contributed by atoms with Crippen LogP contribution in [0.1, 0.15) is 32.1 Å². The number of hydrogen-bond acceptors (Lipinski definition) is 6. The molecule has 0 fully saturated rings. The molecule has 9 heteroatoms. The van der Waals surface area contributed by atoms with E-state index in [2.05, 4.69) is 15.6 Å². The molecule has 0 unspecified atom stereocenters. The number of aryl methyl sites for hydroxylation is 3. The standard InChI is InChI=1S/C23H22N4O4S/c1-13-6-7-17(14(2)9-13)26-21(29)20-15(3)19-22(32-20)25-12-27(23(19)30)11-18(28)24-10-16-5-4-8-31-16/h4-9,12H,10-11H2,1-3H3,(H,24,28)(H,26,29). The summed E-state index contributed by atoms with van der Waals surface area (Å²) in [7, 11) is 0. The molecule has 0 spiro atoms. The predicted octanol–water partition coefficient (Wildman–Crippen LogP) is 3.54. The minimum absolute atomic E-state index is 0.179. The number of carbonyl (C=O) groups is 2. The van der Waals surface area contributed by atoms with Gasteiger partial charge in [0.2, 0.25) is 5.91 Å². The zero-order chi connectivity index (χ0) is 22.8. The van der Waals surface area contributed by atoms with Crippen LogP contribution in [0, 0.1) is 20.8 Å². The Labute approximate surface area is 187 Å². The van der Waals surface area contributed by atoms with E-state index in [4.69, 9.17) is 4.42 Å². The first-order valence-corrected chi connectivity index (χ1v) is 10.8. The number of benzene rings is 1. The monoisotopic (exact) mass is 450 g/mol. The van der Waals surface area contributed by atoms with E-state index in [1.165, 1.54) is 17.2 Å². The lowest BCUT2D eigenvalue weighted by Gasteiger charge is -2.08. The number of thiophene rings is 1. The van der Waals surface area contributed by atoms with E-state index in [1.54, 1.807) is 19.1 Å². The highest BCUT2D eigenvalue weighted by atomic mass is 32.1. The summed E-state index contributed by atoms with van der Waals surface area (Å²) >= 11 is 1.16. The summed E-state index contributed by atoms with van der Waals surface area (Å²) in [6, 6.07) is 9.26. The lowest BCUT2D eigenvalue weighted by atomic mass is 10.1. The lowest BCUT2D eigenvalue weighted by Crippen LogP contribution is -2.32. The van der Waals surface area contributed by atoms with Crippen LogP contribution in [0.4, 0.5) is 5.69 Å². The van der Waals surface area contributed by atoms with Gasteiger partial charge in [0.05, 0.1) is 29.4 Å².